The molecule has 2 rings (SSSR count). The normalized spacial score (nSPS) is 26.6. The van der Waals surface area contributed by atoms with Crippen molar-refractivity contribution >= 4 is 23.2 Å². The second kappa shape index (κ2) is 4.75. The first kappa shape index (κ1) is 13.1. The third kappa shape index (κ3) is 2.44. The van der Waals surface area contributed by atoms with Crippen LogP contribution in [0.4, 0.5) is 4.39 Å². The number of halogens is 3. The van der Waals surface area contributed by atoms with Crippen LogP contribution in [-0.2, 0) is 6.54 Å². The minimum absolute atomic E-state index is 0.0548. The van der Waals surface area contributed by atoms with Crippen molar-refractivity contribution in [2.45, 2.75) is 38.2 Å². The summed E-state index contributed by atoms with van der Waals surface area (Å²) in [7, 11) is 0. The van der Waals surface area contributed by atoms with Crippen LogP contribution in [0.5, 0.6) is 0 Å². The molecule has 1 N–H and O–H groups in total. The van der Waals surface area contributed by atoms with E-state index in [0.717, 1.165) is 6.42 Å². The maximum Gasteiger partial charge on any atom is 0.129 e. The molecule has 1 aromatic carbocycles. The fourth-order valence-corrected chi connectivity index (χ4v) is 2.71. The quantitative estimate of drug-likeness (QED) is 0.823. The lowest BCUT2D eigenvalue weighted by Crippen LogP contribution is -2.57. The van der Waals surface area contributed by atoms with Crippen molar-refractivity contribution in [2.75, 3.05) is 0 Å². The first-order valence-electron chi connectivity index (χ1n) is 5.73. The maximum absolute atomic E-state index is 13.5. The van der Waals surface area contributed by atoms with Crippen LogP contribution in [0.1, 0.15) is 25.8 Å². The van der Waals surface area contributed by atoms with Crippen molar-refractivity contribution in [2.24, 2.45) is 5.41 Å². The van der Waals surface area contributed by atoms with Gasteiger partial charge in [0.15, 0.2) is 0 Å². The Morgan fingerprint density at radius 1 is 1.47 bits per heavy atom. The van der Waals surface area contributed by atoms with Gasteiger partial charge in [-0.1, -0.05) is 31.5 Å². The Labute approximate surface area is 111 Å². The molecule has 0 saturated heterocycles. The zero-order chi connectivity index (χ0) is 12.6. The maximum atomic E-state index is 13.5. The zero-order valence-electron chi connectivity index (χ0n) is 9.93. The van der Waals surface area contributed by atoms with Crippen molar-refractivity contribution in [3.05, 3.63) is 34.6 Å². The third-order valence-electron chi connectivity index (χ3n) is 3.73. The van der Waals surface area contributed by atoms with Gasteiger partial charge in [0.05, 0.1) is 0 Å². The van der Waals surface area contributed by atoms with Gasteiger partial charge in [0.1, 0.15) is 5.82 Å². The zero-order valence-corrected chi connectivity index (χ0v) is 11.4. The molecule has 0 radical (unpaired) electrons. The molecule has 0 aliphatic heterocycles. The molecule has 1 aliphatic carbocycles. The Bertz CT molecular complexity index is 400. The van der Waals surface area contributed by atoms with E-state index in [0.29, 0.717) is 23.2 Å². The van der Waals surface area contributed by atoms with Gasteiger partial charge in [-0.25, -0.2) is 4.39 Å². The van der Waals surface area contributed by atoms with E-state index in [9.17, 15) is 4.39 Å². The molecule has 17 heavy (non-hydrogen) atoms. The summed E-state index contributed by atoms with van der Waals surface area (Å²) in [4.78, 5) is 0. The smallest absolute Gasteiger partial charge is 0.129 e. The van der Waals surface area contributed by atoms with Crippen LogP contribution in [0.2, 0.25) is 5.02 Å². The molecule has 1 aromatic rings. The summed E-state index contributed by atoms with van der Waals surface area (Å²) in [6.07, 6.45) is 0.917. The van der Waals surface area contributed by atoms with Crippen molar-refractivity contribution < 1.29 is 4.39 Å². The molecule has 0 aromatic heterocycles. The summed E-state index contributed by atoms with van der Waals surface area (Å²) >= 11 is 12.1. The Hall–Kier alpha value is -0.310. The largest absolute Gasteiger partial charge is 0.309 e. The highest BCUT2D eigenvalue weighted by Gasteiger charge is 2.46. The van der Waals surface area contributed by atoms with Crippen LogP contribution in [0.3, 0.4) is 0 Å². The molecule has 0 bridgehead atoms. The summed E-state index contributed by atoms with van der Waals surface area (Å²) in [6, 6.07) is 5.07. The van der Waals surface area contributed by atoms with Crippen molar-refractivity contribution in [1.82, 2.24) is 5.32 Å². The van der Waals surface area contributed by atoms with Crippen LogP contribution in [-0.4, -0.2) is 11.4 Å². The number of alkyl halides is 1. The highest BCUT2D eigenvalue weighted by atomic mass is 35.5. The summed E-state index contributed by atoms with van der Waals surface area (Å²) in [5.41, 5.74) is 0.585. The number of hydrogen-bond acceptors (Lipinski definition) is 1. The van der Waals surface area contributed by atoms with Crippen LogP contribution in [0.25, 0.3) is 0 Å². The minimum atomic E-state index is -0.260. The van der Waals surface area contributed by atoms with Gasteiger partial charge in [0, 0.05) is 28.5 Å². The molecule has 94 valence electrons. The Morgan fingerprint density at radius 3 is 2.71 bits per heavy atom. The van der Waals surface area contributed by atoms with Crippen molar-refractivity contribution in [3.8, 4) is 0 Å². The Balaban J connectivity index is 2.00. The number of benzene rings is 1. The SMILES string of the molecule is CC1(C)C(Cl)CC1NCc1c(F)cccc1Cl. The molecule has 1 nitrogen and oxygen atoms in total. The molecule has 0 amide bonds. The van der Waals surface area contributed by atoms with E-state index >= 15 is 0 Å². The van der Waals surface area contributed by atoms with E-state index in [1.807, 2.05) is 0 Å². The standard InChI is InChI=1S/C13H16Cl2FN/c1-13(2)11(15)6-12(13)17-7-8-9(14)4-3-5-10(8)16/h3-5,11-12,17H,6-7H2,1-2H3. The number of nitrogens with one attached hydrogen (secondary N) is 1. The van der Waals surface area contributed by atoms with Crippen LogP contribution in [0.15, 0.2) is 18.2 Å². The van der Waals surface area contributed by atoms with Gasteiger partial charge < -0.3 is 5.32 Å². The van der Waals surface area contributed by atoms with Crippen LogP contribution in [0, 0.1) is 11.2 Å². The molecule has 1 fully saturated rings. The molecule has 4 heteroatoms. The highest BCUT2D eigenvalue weighted by Crippen LogP contribution is 2.44. The molecule has 2 atom stereocenters. The second-order valence-corrected chi connectivity index (χ2v) is 6.09. The average Bonchev–Trinajstić information content (AvgIpc) is 2.27. The lowest BCUT2D eigenvalue weighted by Gasteiger charge is -2.49. The molecular formula is C13H16Cl2FN. The minimum Gasteiger partial charge on any atom is -0.309 e. The fraction of sp³-hybridized carbons (Fsp3) is 0.538. The van der Waals surface area contributed by atoms with E-state index in [1.165, 1.54) is 6.07 Å². The summed E-state index contributed by atoms with van der Waals surface area (Å²) in [5.74, 6) is -0.260. The van der Waals surface area contributed by atoms with Gasteiger partial charge in [-0.05, 0) is 24.0 Å². The summed E-state index contributed by atoms with van der Waals surface area (Å²) in [6.45, 7) is 4.69. The van der Waals surface area contributed by atoms with E-state index in [1.54, 1.807) is 12.1 Å². The predicted molar refractivity (Wildman–Crippen MR) is 70.1 cm³/mol. The molecule has 2 unspecified atom stereocenters. The summed E-state index contributed by atoms with van der Waals surface area (Å²) < 4.78 is 13.5. The Kier molecular flexibility index (Phi) is 3.67. The molecular weight excluding hydrogens is 260 g/mol. The van der Waals surface area contributed by atoms with E-state index in [2.05, 4.69) is 19.2 Å². The second-order valence-electron chi connectivity index (χ2n) is 5.16. The number of rotatable bonds is 3. The van der Waals surface area contributed by atoms with Gasteiger partial charge >= 0.3 is 0 Å². The van der Waals surface area contributed by atoms with Gasteiger partial charge in [-0.15, -0.1) is 11.6 Å². The van der Waals surface area contributed by atoms with E-state index in [4.69, 9.17) is 23.2 Å². The average molecular weight is 276 g/mol. The van der Waals surface area contributed by atoms with Crippen molar-refractivity contribution in [1.29, 1.82) is 0 Å². The molecule has 1 saturated carbocycles. The van der Waals surface area contributed by atoms with Gasteiger partial charge in [0.2, 0.25) is 0 Å². The monoisotopic (exact) mass is 275 g/mol. The fourth-order valence-electron chi connectivity index (χ4n) is 2.15. The number of hydrogen-bond donors (Lipinski definition) is 1. The first-order chi connectivity index (χ1) is 7.93. The van der Waals surface area contributed by atoms with Crippen LogP contribution >= 0.6 is 23.2 Å². The van der Waals surface area contributed by atoms with Gasteiger partial charge in [-0.3, -0.25) is 0 Å². The lowest BCUT2D eigenvalue weighted by atomic mass is 9.67. The summed E-state index contributed by atoms with van der Waals surface area (Å²) in [5, 5.41) is 3.99. The predicted octanol–water partition coefficient (Wildman–Crippen LogP) is 3.97. The lowest BCUT2D eigenvalue weighted by molar-refractivity contribution is 0.115. The van der Waals surface area contributed by atoms with Gasteiger partial charge in [-0.2, -0.15) is 0 Å². The molecule has 1 aliphatic rings. The van der Waals surface area contributed by atoms with Gasteiger partial charge in [0.25, 0.3) is 0 Å². The topological polar surface area (TPSA) is 12.0 Å². The van der Waals surface area contributed by atoms with Crippen LogP contribution < -0.4 is 5.32 Å². The van der Waals surface area contributed by atoms with E-state index < -0.39 is 0 Å². The highest BCUT2D eigenvalue weighted by molar-refractivity contribution is 6.31. The molecule has 0 heterocycles. The van der Waals surface area contributed by atoms with E-state index in [-0.39, 0.29) is 16.6 Å². The molecule has 0 spiro atoms. The third-order valence-corrected chi connectivity index (χ3v) is 4.83. The van der Waals surface area contributed by atoms with Crippen molar-refractivity contribution in [3.63, 3.8) is 0 Å². The first-order valence-corrected chi connectivity index (χ1v) is 6.54. The Morgan fingerprint density at radius 2 is 2.18 bits per heavy atom.